The standard InChI is InChI=1S/C12H14N4O/c1-9-13-6-7-16(9)10-4-5-14-11(8-10)12(17)15(2)3/h4-8H,1-3H3. The third-order valence-corrected chi connectivity index (χ3v) is 2.47. The van der Waals surface area contributed by atoms with Crippen molar-refractivity contribution in [3.05, 3.63) is 42.2 Å². The van der Waals surface area contributed by atoms with Crippen LogP contribution in [0.2, 0.25) is 0 Å². The fraction of sp³-hybridized carbons (Fsp3) is 0.250. The number of pyridine rings is 1. The highest BCUT2D eigenvalue weighted by molar-refractivity contribution is 5.92. The molecule has 17 heavy (non-hydrogen) atoms. The number of rotatable bonds is 2. The van der Waals surface area contributed by atoms with Crippen molar-refractivity contribution in [3.63, 3.8) is 0 Å². The van der Waals surface area contributed by atoms with Gasteiger partial charge in [0, 0.05) is 32.7 Å². The van der Waals surface area contributed by atoms with Crippen molar-refractivity contribution >= 4 is 5.91 Å². The minimum Gasteiger partial charge on any atom is -0.343 e. The van der Waals surface area contributed by atoms with Crippen LogP contribution >= 0.6 is 0 Å². The van der Waals surface area contributed by atoms with E-state index in [1.54, 1.807) is 32.6 Å². The van der Waals surface area contributed by atoms with Gasteiger partial charge in [0.2, 0.25) is 0 Å². The number of amides is 1. The molecule has 0 fully saturated rings. The molecule has 0 atom stereocenters. The Balaban J connectivity index is 2.42. The van der Waals surface area contributed by atoms with Gasteiger partial charge >= 0.3 is 0 Å². The molecule has 2 heterocycles. The molecular weight excluding hydrogens is 216 g/mol. The first-order valence-corrected chi connectivity index (χ1v) is 5.27. The quantitative estimate of drug-likeness (QED) is 0.780. The summed E-state index contributed by atoms with van der Waals surface area (Å²) in [4.78, 5) is 21.5. The molecule has 88 valence electrons. The van der Waals surface area contributed by atoms with Gasteiger partial charge in [0.25, 0.3) is 5.91 Å². The van der Waals surface area contributed by atoms with Crippen molar-refractivity contribution in [1.29, 1.82) is 0 Å². The third-order valence-electron chi connectivity index (χ3n) is 2.47. The minimum atomic E-state index is -0.107. The van der Waals surface area contributed by atoms with Gasteiger partial charge in [-0.25, -0.2) is 4.98 Å². The van der Waals surface area contributed by atoms with Crippen molar-refractivity contribution < 1.29 is 4.79 Å². The molecule has 0 aliphatic carbocycles. The monoisotopic (exact) mass is 230 g/mol. The molecule has 0 N–H and O–H groups in total. The Morgan fingerprint density at radius 1 is 1.29 bits per heavy atom. The second kappa shape index (κ2) is 4.37. The summed E-state index contributed by atoms with van der Waals surface area (Å²) in [5.41, 5.74) is 1.32. The summed E-state index contributed by atoms with van der Waals surface area (Å²) in [6.45, 7) is 1.91. The van der Waals surface area contributed by atoms with Gasteiger partial charge in [0.05, 0.1) is 5.69 Å². The molecule has 2 rings (SSSR count). The van der Waals surface area contributed by atoms with E-state index in [0.717, 1.165) is 11.5 Å². The van der Waals surface area contributed by atoms with Gasteiger partial charge in [-0.05, 0) is 19.1 Å². The Morgan fingerprint density at radius 3 is 2.65 bits per heavy atom. The SMILES string of the molecule is Cc1nccn1-c1ccnc(C(=O)N(C)C)c1. The summed E-state index contributed by atoms with van der Waals surface area (Å²) in [5.74, 6) is 0.768. The normalized spacial score (nSPS) is 10.3. The Hall–Kier alpha value is -2.17. The van der Waals surface area contributed by atoms with E-state index in [1.165, 1.54) is 4.90 Å². The Kier molecular flexibility index (Phi) is 2.91. The number of hydrogen-bond donors (Lipinski definition) is 0. The Labute approximate surface area is 99.7 Å². The Bertz CT molecular complexity index is 545. The van der Waals surface area contributed by atoms with Crippen LogP contribution in [0, 0.1) is 6.92 Å². The molecule has 5 heteroatoms. The number of hydrogen-bond acceptors (Lipinski definition) is 3. The lowest BCUT2D eigenvalue weighted by atomic mass is 10.3. The van der Waals surface area contributed by atoms with Crippen LogP contribution in [0.4, 0.5) is 0 Å². The zero-order valence-electron chi connectivity index (χ0n) is 10.1. The molecular formula is C12H14N4O. The molecule has 1 amide bonds. The lowest BCUT2D eigenvalue weighted by Crippen LogP contribution is -2.22. The smallest absolute Gasteiger partial charge is 0.272 e. The van der Waals surface area contributed by atoms with Crippen molar-refractivity contribution in [3.8, 4) is 5.69 Å². The summed E-state index contributed by atoms with van der Waals surface area (Å²) in [6, 6.07) is 3.61. The number of aromatic nitrogens is 3. The number of carbonyl (C=O) groups is 1. The predicted molar refractivity (Wildman–Crippen MR) is 64.1 cm³/mol. The van der Waals surface area contributed by atoms with Crippen LogP contribution in [-0.2, 0) is 0 Å². The van der Waals surface area contributed by atoms with Crippen molar-refractivity contribution in [2.45, 2.75) is 6.92 Å². The molecule has 0 unspecified atom stereocenters. The van der Waals surface area contributed by atoms with Crippen LogP contribution in [0.1, 0.15) is 16.3 Å². The first-order valence-electron chi connectivity index (χ1n) is 5.27. The van der Waals surface area contributed by atoms with Crippen LogP contribution in [0.15, 0.2) is 30.7 Å². The first-order chi connectivity index (χ1) is 8.09. The van der Waals surface area contributed by atoms with E-state index in [-0.39, 0.29) is 5.91 Å². The molecule has 0 aromatic carbocycles. The maximum absolute atomic E-state index is 11.8. The summed E-state index contributed by atoms with van der Waals surface area (Å²) < 4.78 is 1.91. The number of carbonyl (C=O) groups excluding carboxylic acids is 1. The minimum absolute atomic E-state index is 0.107. The van der Waals surface area contributed by atoms with Gasteiger partial charge in [-0.15, -0.1) is 0 Å². The van der Waals surface area contributed by atoms with Crippen LogP contribution < -0.4 is 0 Å². The molecule has 2 aromatic heterocycles. The molecule has 0 spiro atoms. The van der Waals surface area contributed by atoms with Crippen LogP contribution in [0.5, 0.6) is 0 Å². The van der Waals surface area contributed by atoms with E-state index >= 15 is 0 Å². The number of nitrogens with zero attached hydrogens (tertiary/aromatic N) is 4. The predicted octanol–water partition coefficient (Wildman–Crippen LogP) is 1.28. The Morgan fingerprint density at radius 2 is 2.06 bits per heavy atom. The lowest BCUT2D eigenvalue weighted by molar-refractivity contribution is 0.0822. The van der Waals surface area contributed by atoms with E-state index in [4.69, 9.17) is 0 Å². The zero-order valence-corrected chi connectivity index (χ0v) is 10.1. The van der Waals surface area contributed by atoms with Gasteiger partial charge in [0.1, 0.15) is 11.5 Å². The highest BCUT2D eigenvalue weighted by Gasteiger charge is 2.10. The molecule has 0 radical (unpaired) electrons. The molecule has 0 bridgehead atoms. The number of aryl methyl sites for hydroxylation is 1. The average molecular weight is 230 g/mol. The lowest BCUT2D eigenvalue weighted by Gasteiger charge is -2.11. The van der Waals surface area contributed by atoms with Crippen LogP contribution in [0.3, 0.4) is 0 Å². The van der Waals surface area contributed by atoms with Crippen molar-refractivity contribution in [1.82, 2.24) is 19.4 Å². The molecule has 2 aromatic rings. The average Bonchev–Trinajstić information content (AvgIpc) is 2.74. The maximum Gasteiger partial charge on any atom is 0.272 e. The van der Waals surface area contributed by atoms with E-state index < -0.39 is 0 Å². The van der Waals surface area contributed by atoms with Gasteiger partial charge < -0.3 is 9.47 Å². The van der Waals surface area contributed by atoms with Gasteiger partial charge in [-0.3, -0.25) is 9.78 Å². The topological polar surface area (TPSA) is 51.0 Å². The molecule has 0 saturated carbocycles. The van der Waals surface area contributed by atoms with E-state index in [2.05, 4.69) is 9.97 Å². The van der Waals surface area contributed by atoms with Gasteiger partial charge in [-0.1, -0.05) is 0 Å². The summed E-state index contributed by atoms with van der Waals surface area (Å²) >= 11 is 0. The van der Waals surface area contributed by atoms with E-state index in [1.807, 2.05) is 23.8 Å². The zero-order chi connectivity index (χ0) is 12.4. The largest absolute Gasteiger partial charge is 0.343 e. The maximum atomic E-state index is 11.8. The van der Waals surface area contributed by atoms with Gasteiger partial charge in [-0.2, -0.15) is 0 Å². The molecule has 0 aliphatic rings. The van der Waals surface area contributed by atoms with Crippen molar-refractivity contribution in [2.75, 3.05) is 14.1 Å². The molecule has 0 saturated heterocycles. The fourth-order valence-corrected chi connectivity index (χ4v) is 1.57. The summed E-state index contributed by atoms with van der Waals surface area (Å²) in [5, 5.41) is 0. The second-order valence-corrected chi connectivity index (χ2v) is 3.94. The van der Waals surface area contributed by atoms with Crippen LogP contribution in [0.25, 0.3) is 5.69 Å². The fourth-order valence-electron chi connectivity index (χ4n) is 1.57. The van der Waals surface area contributed by atoms with E-state index in [0.29, 0.717) is 5.69 Å². The molecule has 0 aliphatic heterocycles. The third kappa shape index (κ3) is 2.18. The highest BCUT2D eigenvalue weighted by atomic mass is 16.2. The van der Waals surface area contributed by atoms with Crippen LogP contribution in [-0.4, -0.2) is 39.4 Å². The second-order valence-electron chi connectivity index (χ2n) is 3.94. The number of imidazole rings is 1. The molecule has 5 nitrogen and oxygen atoms in total. The summed E-state index contributed by atoms with van der Waals surface area (Å²) in [7, 11) is 3.41. The summed E-state index contributed by atoms with van der Waals surface area (Å²) in [6.07, 6.45) is 5.21. The highest BCUT2D eigenvalue weighted by Crippen LogP contribution is 2.11. The van der Waals surface area contributed by atoms with E-state index in [9.17, 15) is 4.79 Å². The van der Waals surface area contributed by atoms with Gasteiger partial charge in [0.15, 0.2) is 0 Å². The van der Waals surface area contributed by atoms with Crippen molar-refractivity contribution in [2.24, 2.45) is 0 Å². The first kappa shape index (κ1) is 11.3.